The average Bonchev–Trinajstić information content (AvgIpc) is 2.62. The van der Waals surface area contributed by atoms with Crippen molar-refractivity contribution in [2.75, 3.05) is 19.1 Å². The Bertz CT molecular complexity index is 764. The molecule has 0 aliphatic carbocycles. The summed E-state index contributed by atoms with van der Waals surface area (Å²) in [5.41, 5.74) is 0.999. The molecule has 132 valence electrons. The molecule has 2 rings (SSSR count). The van der Waals surface area contributed by atoms with Crippen LogP contribution in [-0.2, 0) is 9.59 Å². The van der Waals surface area contributed by atoms with Crippen molar-refractivity contribution >= 4 is 18.1 Å². The van der Waals surface area contributed by atoms with Crippen molar-refractivity contribution < 1.29 is 19.1 Å². The molecule has 0 fully saturated rings. The molecule has 1 aromatic carbocycles. The van der Waals surface area contributed by atoms with Crippen LogP contribution in [0, 0.1) is 6.92 Å². The fourth-order valence-corrected chi connectivity index (χ4v) is 2.21. The Morgan fingerprint density at radius 1 is 1.32 bits per heavy atom. The van der Waals surface area contributed by atoms with E-state index < -0.39 is 6.04 Å². The van der Waals surface area contributed by atoms with E-state index in [4.69, 9.17) is 9.47 Å². The number of anilines is 1. The van der Waals surface area contributed by atoms with Gasteiger partial charge in [-0.1, -0.05) is 12.1 Å². The van der Waals surface area contributed by atoms with Gasteiger partial charge in [-0.3, -0.25) is 14.5 Å². The summed E-state index contributed by atoms with van der Waals surface area (Å²) in [4.78, 5) is 28.4. The zero-order chi connectivity index (χ0) is 18.4. The van der Waals surface area contributed by atoms with Crippen LogP contribution in [0.2, 0.25) is 0 Å². The molecule has 25 heavy (non-hydrogen) atoms. The molecule has 0 aliphatic rings. The number of hydrogen-bond acceptors (Lipinski definition) is 5. The van der Waals surface area contributed by atoms with Crippen LogP contribution in [0.15, 0.2) is 36.4 Å². The monoisotopic (exact) mass is 343 g/mol. The van der Waals surface area contributed by atoms with Crippen LogP contribution in [0.25, 0.3) is 0 Å². The number of amides is 2. The highest BCUT2D eigenvalue weighted by Gasteiger charge is 2.19. The second kappa shape index (κ2) is 8.14. The minimum Gasteiger partial charge on any atom is -0.496 e. The van der Waals surface area contributed by atoms with E-state index in [2.05, 4.69) is 10.3 Å². The molecule has 1 N–H and O–H groups in total. The summed E-state index contributed by atoms with van der Waals surface area (Å²) in [6, 6.07) is 9.96. The number of nitrogens with one attached hydrogen (secondary N) is 1. The Hall–Kier alpha value is -3.09. The quantitative estimate of drug-likeness (QED) is 0.780. The van der Waals surface area contributed by atoms with Gasteiger partial charge in [0.1, 0.15) is 23.4 Å². The lowest BCUT2D eigenvalue weighted by molar-refractivity contribution is -0.122. The number of aromatic nitrogens is 1. The second-order valence-electron chi connectivity index (χ2n) is 5.47. The van der Waals surface area contributed by atoms with E-state index in [1.54, 1.807) is 45.3 Å². The highest BCUT2D eigenvalue weighted by molar-refractivity contribution is 5.96. The molecule has 2 aromatic rings. The maximum Gasteiger partial charge on any atom is 0.250 e. The number of nitrogens with zero attached hydrogens (tertiary/aromatic N) is 2. The van der Waals surface area contributed by atoms with Crippen molar-refractivity contribution in [2.45, 2.75) is 19.9 Å². The smallest absolute Gasteiger partial charge is 0.250 e. The maximum absolute atomic E-state index is 12.2. The number of aryl methyl sites for hydroxylation is 1. The van der Waals surface area contributed by atoms with Gasteiger partial charge in [0.15, 0.2) is 0 Å². The molecule has 0 spiro atoms. The van der Waals surface area contributed by atoms with Crippen LogP contribution >= 0.6 is 0 Å². The zero-order valence-corrected chi connectivity index (χ0v) is 14.6. The van der Waals surface area contributed by atoms with Gasteiger partial charge in [-0.2, -0.15) is 4.98 Å². The number of ether oxygens (including phenoxy) is 2. The van der Waals surface area contributed by atoms with Gasteiger partial charge in [-0.25, -0.2) is 0 Å². The number of likely N-dealkylation sites (N-methyl/N-ethyl adjacent to an activating group) is 1. The van der Waals surface area contributed by atoms with Crippen LogP contribution in [-0.4, -0.2) is 37.5 Å². The third-order valence-corrected chi connectivity index (χ3v) is 3.67. The van der Waals surface area contributed by atoms with Crippen LogP contribution in [0.5, 0.6) is 17.4 Å². The summed E-state index contributed by atoms with van der Waals surface area (Å²) >= 11 is 0. The molecule has 1 heterocycles. The molecule has 0 aliphatic heterocycles. The van der Waals surface area contributed by atoms with Crippen molar-refractivity contribution in [3.8, 4) is 17.4 Å². The molecule has 2 amide bonds. The first kappa shape index (κ1) is 18.3. The minimum atomic E-state index is -0.643. The van der Waals surface area contributed by atoms with Crippen molar-refractivity contribution in [1.82, 2.24) is 10.3 Å². The average molecular weight is 343 g/mol. The Kier molecular flexibility index (Phi) is 5.94. The van der Waals surface area contributed by atoms with E-state index in [-0.39, 0.29) is 5.91 Å². The molecule has 7 nitrogen and oxygen atoms in total. The first-order chi connectivity index (χ1) is 12.0. The van der Waals surface area contributed by atoms with Gasteiger partial charge >= 0.3 is 0 Å². The summed E-state index contributed by atoms with van der Waals surface area (Å²) in [7, 11) is 3.19. The summed E-state index contributed by atoms with van der Waals surface area (Å²) in [5, 5.41) is 2.42. The Morgan fingerprint density at radius 3 is 2.76 bits per heavy atom. The van der Waals surface area contributed by atoms with E-state index in [9.17, 15) is 9.59 Å². The largest absolute Gasteiger partial charge is 0.496 e. The first-order valence-corrected chi connectivity index (χ1v) is 7.73. The third-order valence-electron chi connectivity index (χ3n) is 3.67. The number of benzene rings is 1. The van der Waals surface area contributed by atoms with Crippen LogP contribution in [0.1, 0.15) is 12.5 Å². The number of carbonyl (C=O) groups is 2. The van der Waals surface area contributed by atoms with Crippen LogP contribution in [0.3, 0.4) is 0 Å². The first-order valence-electron chi connectivity index (χ1n) is 7.73. The molecular formula is C18H21N3O4. The molecule has 1 atom stereocenters. The fraction of sp³-hybridized carbons (Fsp3) is 0.278. The summed E-state index contributed by atoms with van der Waals surface area (Å²) < 4.78 is 11.0. The summed E-state index contributed by atoms with van der Waals surface area (Å²) in [5.74, 6) is 1.78. The normalized spacial score (nSPS) is 11.4. The number of pyridine rings is 1. The molecule has 0 radical (unpaired) electrons. The molecule has 1 unspecified atom stereocenters. The Morgan fingerprint density at radius 2 is 2.08 bits per heavy atom. The highest BCUT2D eigenvalue weighted by atomic mass is 16.5. The van der Waals surface area contributed by atoms with Gasteiger partial charge in [0, 0.05) is 19.2 Å². The Labute approximate surface area is 146 Å². The van der Waals surface area contributed by atoms with E-state index in [0.717, 1.165) is 11.3 Å². The fourth-order valence-electron chi connectivity index (χ4n) is 2.21. The maximum atomic E-state index is 12.2. The van der Waals surface area contributed by atoms with Gasteiger partial charge in [0.25, 0.3) is 0 Å². The molecular weight excluding hydrogens is 322 g/mol. The predicted molar refractivity (Wildman–Crippen MR) is 94.1 cm³/mol. The van der Waals surface area contributed by atoms with Gasteiger partial charge < -0.3 is 14.8 Å². The molecule has 0 bridgehead atoms. The number of carbonyl (C=O) groups excluding carboxylic acids is 2. The van der Waals surface area contributed by atoms with Crippen molar-refractivity contribution in [2.24, 2.45) is 0 Å². The molecule has 0 saturated carbocycles. The number of methoxy groups -OCH3 is 1. The van der Waals surface area contributed by atoms with Crippen molar-refractivity contribution in [3.63, 3.8) is 0 Å². The lowest BCUT2D eigenvalue weighted by Gasteiger charge is -2.20. The number of rotatable bonds is 7. The standard InChI is InChI=1S/C18H21N3O4/c1-12-8-9-14(10-15(12)24-4)25-17-7-5-6-16(20-17)21(3)18(23)13(2)19-11-22/h5-11,13H,1-4H3,(H,19,22). The van der Waals surface area contributed by atoms with Gasteiger partial charge in [-0.05, 0) is 31.5 Å². The van der Waals surface area contributed by atoms with Crippen molar-refractivity contribution in [3.05, 3.63) is 42.0 Å². The van der Waals surface area contributed by atoms with E-state index in [1.807, 2.05) is 19.1 Å². The third kappa shape index (κ3) is 4.47. The highest BCUT2D eigenvalue weighted by Crippen LogP contribution is 2.27. The topological polar surface area (TPSA) is 80.8 Å². The Balaban J connectivity index is 2.18. The van der Waals surface area contributed by atoms with Gasteiger partial charge in [0.05, 0.1) is 7.11 Å². The second-order valence-corrected chi connectivity index (χ2v) is 5.47. The van der Waals surface area contributed by atoms with Gasteiger partial charge in [0.2, 0.25) is 18.2 Å². The van der Waals surface area contributed by atoms with Gasteiger partial charge in [-0.15, -0.1) is 0 Å². The van der Waals surface area contributed by atoms with E-state index >= 15 is 0 Å². The summed E-state index contributed by atoms with van der Waals surface area (Å²) in [6.45, 7) is 3.54. The zero-order valence-electron chi connectivity index (χ0n) is 14.6. The number of hydrogen-bond donors (Lipinski definition) is 1. The van der Waals surface area contributed by atoms with E-state index in [1.165, 1.54) is 4.90 Å². The van der Waals surface area contributed by atoms with Crippen LogP contribution in [0.4, 0.5) is 5.82 Å². The van der Waals surface area contributed by atoms with Crippen LogP contribution < -0.4 is 19.7 Å². The molecule has 7 heteroatoms. The lowest BCUT2D eigenvalue weighted by Crippen LogP contribution is -2.43. The minimum absolute atomic E-state index is 0.284. The SMILES string of the molecule is COc1cc(Oc2cccc(N(C)C(=O)C(C)NC=O)n2)ccc1C. The molecule has 1 aromatic heterocycles. The lowest BCUT2D eigenvalue weighted by atomic mass is 10.2. The summed E-state index contributed by atoms with van der Waals surface area (Å²) in [6.07, 6.45) is 0.494. The van der Waals surface area contributed by atoms with Crippen molar-refractivity contribution in [1.29, 1.82) is 0 Å². The predicted octanol–water partition coefficient (Wildman–Crippen LogP) is 2.29. The van der Waals surface area contributed by atoms with E-state index in [0.29, 0.717) is 23.9 Å². The molecule has 0 saturated heterocycles.